The molecule has 0 aliphatic carbocycles. The fraction of sp³-hybridized carbons (Fsp3) is 0.571. The SMILES string of the molecule is CCC(NOC(C)(C)C)c1ccccc1OC. The zero-order valence-corrected chi connectivity index (χ0v) is 11.4. The molecule has 0 aliphatic heterocycles. The molecule has 0 heterocycles. The maximum Gasteiger partial charge on any atom is 0.123 e. The summed E-state index contributed by atoms with van der Waals surface area (Å²) >= 11 is 0. The third kappa shape index (κ3) is 4.36. The Bertz CT molecular complexity index is 344. The van der Waals surface area contributed by atoms with Gasteiger partial charge in [-0.25, -0.2) is 0 Å². The van der Waals surface area contributed by atoms with Gasteiger partial charge in [-0.1, -0.05) is 25.1 Å². The van der Waals surface area contributed by atoms with E-state index in [9.17, 15) is 0 Å². The van der Waals surface area contributed by atoms with Gasteiger partial charge >= 0.3 is 0 Å². The summed E-state index contributed by atoms with van der Waals surface area (Å²) in [5, 5.41) is 0. The quantitative estimate of drug-likeness (QED) is 0.795. The van der Waals surface area contributed by atoms with Crippen LogP contribution >= 0.6 is 0 Å². The van der Waals surface area contributed by atoms with Crippen molar-refractivity contribution in [2.24, 2.45) is 0 Å². The highest BCUT2D eigenvalue weighted by atomic mass is 16.7. The molecule has 1 N–H and O–H groups in total. The Balaban J connectivity index is 2.79. The molecule has 1 aromatic carbocycles. The first kappa shape index (κ1) is 14.0. The fourth-order valence-corrected chi connectivity index (χ4v) is 1.57. The van der Waals surface area contributed by atoms with E-state index >= 15 is 0 Å². The number of ether oxygens (including phenoxy) is 1. The maximum absolute atomic E-state index is 5.63. The number of benzene rings is 1. The van der Waals surface area contributed by atoms with Crippen molar-refractivity contribution in [2.45, 2.75) is 45.8 Å². The lowest BCUT2D eigenvalue weighted by atomic mass is 10.0. The van der Waals surface area contributed by atoms with Crippen LogP contribution in [-0.4, -0.2) is 12.7 Å². The summed E-state index contributed by atoms with van der Waals surface area (Å²) in [6, 6.07) is 8.16. The summed E-state index contributed by atoms with van der Waals surface area (Å²) in [6.07, 6.45) is 0.941. The molecule has 17 heavy (non-hydrogen) atoms. The molecule has 0 aromatic heterocycles. The van der Waals surface area contributed by atoms with E-state index in [0.717, 1.165) is 17.7 Å². The second-order valence-corrected chi connectivity index (χ2v) is 5.04. The van der Waals surface area contributed by atoms with Crippen LogP contribution in [0.15, 0.2) is 24.3 Å². The maximum atomic E-state index is 5.63. The van der Waals surface area contributed by atoms with Crippen molar-refractivity contribution in [3.8, 4) is 5.75 Å². The lowest BCUT2D eigenvalue weighted by Gasteiger charge is -2.25. The van der Waals surface area contributed by atoms with Crippen molar-refractivity contribution in [3.05, 3.63) is 29.8 Å². The van der Waals surface area contributed by atoms with Gasteiger partial charge in [0.1, 0.15) is 5.75 Å². The minimum atomic E-state index is -0.199. The third-order valence-electron chi connectivity index (χ3n) is 2.43. The number of rotatable bonds is 5. The molecule has 0 spiro atoms. The summed E-state index contributed by atoms with van der Waals surface area (Å²) in [5.41, 5.74) is 4.05. The van der Waals surface area contributed by atoms with Crippen LogP contribution in [0.3, 0.4) is 0 Å². The van der Waals surface area contributed by atoms with E-state index in [-0.39, 0.29) is 11.6 Å². The van der Waals surface area contributed by atoms with Crippen molar-refractivity contribution in [1.82, 2.24) is 5.48 Å². The van der Waals surface area contributed by atoms with Gasteiger partial charge < -0.3 is 4.74 Å². The van der Waals surface area contributed by atoms with Crippen LogP contribution in [0, 0.1) is 0 Å². The number of nitrogens with one attached hydrogen (secondary N) is 1. The van der Waals surface area contributed by atoms with E-state index in [1.54, 1.807) is 7.11 Å². The molecule has 1 rings (SSSR count). The van der Waals surface area contributed by atoms with Gasteiger partial charge in [-0.15, -0.1) is 0 Å². The summed E-state index contributed by atoms with van der Waals surface area (Å²) in [6.45, 7) is 8.19. The number of para-hydroxylation sites is 1. The van der Waals surface area contributed by atoms with Crippen molar-refractivity contribution in [1.29, 1.82) is 0 Å². The molecular weight excluding hydrogens is 214 g/mol. The van der Waals surface area contributed by atoms with Gasteiger partial charge in [-0.2, -0.15) is 5.48 Å². The van der Waals surface area contributed by atoms with E-state index in [0.29, 0.717) is 0 Å². The van der Waals surface area contributed by atoms with Gasteiger partial charge in [0.2, 0.25) is 0 Å². The molecule has 0 fully saturated rings. The van der Waals surface area contributed by atoms with Crippen molar-refractivity contribution in [2.75, 3.05) is 7.11 Å². The average molecular weight is 237 g/mol. The van der Waals surface area contributed by atoms with Gasteiger partial charge in [0, 0.05) is 5.56 Å². The molecule has 1 atom stereocenters. The van der Waals surface area contributed by atoms with Crippen LogP contribution in [0.25, 0.3) is 0 Å². The van der Waals surface area contributed by atoms with Crippen molar-refractivity contribution < 1.29 is 9.57 Å². The number of hydrogen-bond donors (Lipinski definition) is 1. The van der Waals surface area contributed by atoms with Gasteiger partial charge in [0.25, 0.3) is 0 Å². The molecule has 0 saturated carbocycles. The van der Waals surface area contributed by atoms with Crippen LogP contribution in [0.1, 0.15) is 45.7 Å². The normalized spacial score (nSPS) is 13.5. The molecule has 0 aliphatic rings. The van der Waals surface area contributed by atoms with Crippen LogP contribution in [0.2, 0.25) is 0 Å². The van der Waals surface area contributed by atoms with Crippen LogP contribution in [0.5, 0.6) is 5.75 Å². The molecule has 1 unspecified atom stereocenters. The molecule has 0 saturated heterocycles. The van der Waals surface area contributed by atoms with Gasteiger partial charge in [0.05, 0.1) is 18.8 Å². The number of hydroxylamine groups is 1. The number of hydrogen-bond acceptors (Lipinski definition) is 3. The number of methoxy groups -OCH3 is 1. The van der Waals surface area contributed by atoms with E-state index in [1.165, 1.54) is 0 Å². The Kier molecular flexibility index (Phi) is 4.97. The summed E-state index contributed by atoms with van der Waals surface area (Å²) < 4.78 is 5.36. The molecule has 0 amide bonds. The van der Waals surface area contributed by atoms with Gasteiger partial charge in [-0.3, -0.25) is 4.84 Å². The molecule has 96 valence electrons. The molecule has 3 heteroatoms. The minimum Gasteiger partial charge on any atom is -0.496 e. The summed E-state index contributed by atoms with van der Waals surface area (Å²) in [7, 11) is 1.69. The first-order chi connectivity index (χ1) is 7.98. The summed E-state index contributed by atoms with van der Waals surface area (Å²) in [5.74, 6) is 0.893. The molecule has 1 aromatic rings. The summed E-state index contributed by atoms with van der Waals surface area (Å²) in [4.78, 5) is 5.63. The van der Waals surface area contributed by atoms with E-state index in [2.05, 4.69) is 18.5 Å². The lowest BCUT2D eigenvalue weighted by Crippen LogP contribution is -2.32. The van der Waals surface area contributed by atoms with E-state index < -0.39 is 0 Å². The van der Waals surface area contributed by atoms with Gasteiger partial charge in [-0.05, 0) is 33.3 Å². The molecule has 0 radical (unpaired) electrons. The Labute approximate surface area is 104 Å². The molecular formula is C14H23NO2. The van der Waals surface area contributed by atoms with Crippen LogP contribution < -0.4 is 10.2 Å². The Morgan fingerprint density at radius 1 is 1.24 bits per heavy atom. The minimum absolute atomic E-state index is 0.144. The van der Waals surface area contributed by atoms with Crippen molar-refractivity contribution >= 4 is 0 Å². The second kappa shape index (κ2) is 6.03. The Hall–Kier alpha value is -1.06. The van der Waals surface area contributed by atoms with E-state index in [4.69, 9.17) is 9.57 Å². The Morgan fingerprint density at radius 3 is 2.41 bits per heavy atom. The second-order valence-electron chi connectivity index (χ2n) is 5.04. The fourth-order valence-electron chi connectivity index (χ4n) is 1.57. The largest absolute Gasteiger partial charge is 0.496 e. The predicted octanol–water partition coefficient (Wildman–Crippen LogP) is 3.47. The highest BCUT2D eigenvalue weighted by Gasteiger charge is 2.17. The van der Waals surface area contributed by atoms with E-state index in [1.807, 2.05) is 39.0 Å². The first-order valence-electron chi connectivity index (χ1n) is 6.04. The third-order valence-corrected chi connectivity index (χ3v) is 2.43. The van der Waals surface area contributed by atoms with Crippen molar-refractivity contribution in [3.63, 3.8) is 0 Å². The Morgan fingerprint density at radius 2 is 1.88 bits per heavy atom. The topological polar surface area (TPSA) is 30.5 Å². The zero-order valence-electron chi connectivity index (χ0n) is 11.4. The standard InChI is InChI=1S/C14H23NO2/c1-6-12(15-17-14(2,3)4)11-9-7-8-10-13(11)16-5/h7-10,12,15H,6H2,1-5H3. The highest BCUT2D eigenvalue weighted by Crippen LogP contribution is 2.27. The monoisotopic (exact) mass is 237 g/mol. The van der Waals surface area contributed by atoms with Crippen LogP contribution in [-0.2, 0) is 4.84 Å². The van der Waals surface area contributed by atoms with Crippen LogP contribution in [0.4, 0.5) is 0 Å². The average Bonchev–Trinajstić information content (AvgIpc) is 2.29. The van der Waals surface area contributed by atoms with Gasteiger partial charge in [0.15, 0.2) is 0 Å². The lowest BCUT2D eigenvalue weighted by molar-refractivity contribution is -0.0898. The molecule has 3 nitrogen and oxygen atoms in total. The molecule has 0 bridgehead atoms. The zero-order chi connectivity index (χ0) is 12.9. The first-order valence-corrected chi connectivity index (χ1v) is 6.04. The highest BCUT2D eigenvalue weighted by molar-refractivity contribution is 5.35. The predicted molar refractivity (Wildman–Crippen MR) is 70.0 cm³/mol. The smallest absolute Gasteiger partial charge is 0.123 e.